The maximum Gasteiger partial charge on any atom is 0.323 e. The molecule has 4 N–H and O–H groups in total. The number of nitrogens with two attached hydrogens (primary N) is 1. The molecule has 1 saturated heterocycles. The Kier molecular flexibility index (Phi) is 3.66. The minimum Gasteiger partial charge on any atom is -0.381 e. The summed E-state index contributed by atoms with van der Waals surface area (Å²) in [6.45, 7) is 1.83. The van der Waals surface area contributed by atoms with Crippen LogP contribution in [-0.2, 0) is 14.3 Å². The van der Waals surface area contributed by atoms with E-state index in [1.54, 1.807) is 5.43 Å². The number of hydrazine groups is 1. The van der Waals surface area contributed by atoms with Crippen molar-refractivity contribution in [1.29, 1.82) is 0 Å². The molecule has 1 fully saturated rings. The second kappa shape index (κ2) is 4.78. The number of nitrogens with one attached hydrogen (secondary N) is 2. The molecule has 1 unspecified atom stereocenters. The van der Waals surface area contributed by atoms with E-state index in [1.165, 1.54) is 0 Å². The molecule has 0 aromatic rings. The molecule has 13 heavy (non-hydrogen) atoms. The zero-order valence-corrected chi connectivity index (χ0v) is 7.21. The van der Waals surface area contributed by atoms with Crippen LogP contribution in [0.3, 0.4) is 0 Å². The lowest BCUT2D eigenvalue weighted by atomic mass is 10.1. The Balaban J connectivity index is 2.17. The number of rotatable bonds is 2. The van der Waals surface area contributed by atoms with Crippen molar-refractivity contribution < 1.29 is 14.3 Å². The van der Waals surface area contributed by atoms with Crippen molar-refractivity contribution in [2.24, 2.45) is 11.8 Å². The van der Waals surface area contributed by atoms with Gasteiger partial charge in [-0.25, -0.2) is 5.84 Å². The van der Waals surface area contributed by atoms with Crippen LogP contribution in [0, 0.1) is 5.92 Å². The first-order valence-corrected chi connectivity index (χ1v) is 4.10. The Morgan fingerprint density at radius 1 is 1.46 bits per heavy atom. The third kappa shape index (κ3) is 3.00. The summed E-state index contributed by atoms with van der Waals surface area (Å²) in [4.78, 5) is 21.5. The van der Waals surface area contributed by atoms with Gasteiger partial charge in [0.1, 0.15) is 0 Å². The summed E-state index contributed by atoms with van der Waals surface area (Å²) in [5.74, 6) is 3.57. The molecule has 1 rings (SSSR count). The molecule has 0 spiro atoms. The number of carbonyl (C=O) groups is 2. The van der Waals surface area contributed by atoms with E-state index < -0.39 is 11.8 Å². The Bertz CT molecular complexity index is 201. The molecule has 2 amide bonds. The van der Waals surface area contributed by atoms with Crippen LogP contribution in [-0.4, -0.2) is 31.6 Å². The molecule has 0 radical (unpaired) electrons. The van der Waals surface area contributed by atoms with Gasteiger partial charge in [0.25, 0.3) is 0 Å². The van der Waals surface area contributed by atoms with Gasteiger partial charge in [0.05, 0.1) is 6.61 Å². The highest BCUT2D eigenvalue weighted by Crippen LogP contribution is 2.10. The average molecular weight is 187 g/mol. The molecule has 1 aliphatic heterocycles. The standard InChI is InChI=1S/C7H13N3O3/c8-10-7(12)6(11)9-3-5-1-2-13-4-5/h5H,1-4,8H2,(H,9,11)(H,10,12). The smallest absolute Gasteiger partial charge is 0.323 e. The second-order valence-electron chi connectivity index (χ2n) is 2.91. The monoisotopic (exact) mass is 187 g/mol. The second-order valence-corrected chi connectivity index (χ2v) is 2.91. The fourth-order valence-electron chi connectivity index (χ4n) is 1.13. The quantitative estimate of drug-likeness (QED) is 0.204. The first kappa shape index (κ1) is 9.94. The summed E-state index contributed by atoms with van der Waals surface area (Å²) in [5.41, 5.74) is 1.76. The van der Waals surface area contributed by atoms with Crippen LogP contribution in [0.2, 0.25) is 0 Å². The van der Waals surface area contributed by atoms with Crippen LogP contribution in [0.25, 0.3) is 0 Å². The van der Waals surface area contributed by atoms with E-state index in [0.717, 1.165) is 13.0 Å². The average Bonchev–Trinajstić information content (AvgIpc) is 2.65. The highest BCUT2D eigenvalue weighted by atomic mass is 16.5. The van der Waals surface area contributed by atoms with Crippen LogP contribution >= 0.6 is 0 Å². The lowest BCUT2D eigenvalue weighted by Crippen LogP contribution is -2.44. The molecule has 6 heteroatoms. The molecular weight excluding hydrogens is 174 g/mol. The molecule has 1 atom stereocenters. The molecule has 0 saturated carbocycles. The van der Waals surface area contributed by atoms with Crippen molar-refractivity contribution in [2.75, 3.05) is 19.8 Å². The van der Waals surface area contributed by atoms with Gasteiger partial charge in [-0.1, -0.05) is 0 Å². The van der Waals surface area contributed by atoms with Crippen LogP contribution in [0.5, 0.6) is 0 Å². The zero-order chi connectivity index (χ0) is 9.68. The van der Waals surface area contributed by atoms with Crippen molar-refractivity contribution in [3.63, 3.8) is 0 Å². The number of hydrogen-bond acceptors (Lipinski definition) is 4. The topological polar surface area (TPSA) is 93.5 Å². The Hall–Kier alpha value is -1.14. The van der Waals surface area contributed by atoms with Gasteiger partial charge in [0.15, 0.2) is 0 Å². The van der Waals surface area contributed by atoms with Crippen LogP contribution in [0.15, 0.2) is 0 Å². The highest BCUT2D eigenvalue weighted by molar-refractivity contribution is 6.34. The summed E-state index contributed by atoms with van der Waals surface area (Å²) < 4.78 is 5.10. The first-order valence-electron chi connectivity index (χ1n) is 4.10. The summed E-state index contributed by atoms with van der Waals surface area (Å²) in [6, 6.07) is 0. The van der Waals surface area contributed by atoms with E-state index in [-0.39, 0.29) is 0 Å². The zero-order valence-electron chi connectivity index (χ0n) is 7.21. The Morgan fingerprint density at radius 3 is 2.77 bits per heavy atom. The molecular formula is C7H13N3O3. The molecule has 1 heterocycles. The van der Waals surface area contributed by atoms with Crippen LogP contribution in [0.4, 0.5) is 0 Å². The lowest BCUT2D eigenvalue weighted by Gasteiger charge is -2.07. The molecule has 6 nitrogen and oxygen atoms in total. The third-order valence-corrected chi connectivity index (χ3v) is 1.91. The van der Waals surface area contributed by atoms with Gasteiger partial charge >= 0.3 is 11.8 Å². The largest absolute Gasteiger partial charge is 0.381 e. The highest BCUT2D eigenvalue weighted by Gasteiger charge is 2.18. The van der Waals surface area contributed by atoms with Crippen molar-refractivity contribution in [3.8, 4) is 0 Å². The summed E-state index contributed by atoms with van der Waals surface area (Å²) in [7, 11) is 0. The van der Waals surface area contributed by atoms with Crippen molar-refractivity contribution in [1.82, 2.24) is 10.7 Å². The van der Waals surface area contributed by atoms with Gasteiger partial charge in [0, 0.05) is 19.1 Å². The molecule has 0 aliphatic carbocycles. The van der Waals surface area contributed by atoms with Gasteiger partial charge in [-0.3, -0.25) is 15.0 Å². The van der Waals surface area contributed by atoms with Crippen molar-refractivity contribution in [2.45, 2.75) is 6.42 Å². The van der Waals surface area contributed by atoms with Gasteiger partial charge < -0.3 is 10.1 Å². The van der Waals surface area contributed by atoms with E-state index in [0.29, 0.717) is 19.1 Å². The van der Waals surface area contributed by atoms with E-state index in [2.05, 4.69) is 5.32 Å². The molecule has 74 valence electrons. The predicted octanol–water partition coefficient (Wildman–Crippen LogP) is -1.87. The maximum absolute atomic E-state index is 10.9. The van der Waals surface area contributed by atoms with E-state index >= 15 is 0 Å². The van der Waals surface area contributed by atoms with Gasteiger partial charge in [-0.15, -0.1) is 0 Å². The number of carbonyl (C=O) groups excluding carboxylic acids is 2. The van der Waals surface area contributed by atoms with Crippen molar-refractivity contribution >= 4 is 11.8 Å². The molecule has 1 aliphatic rings. The fraction of sp³-hybridized carbons (Fsp3) is 0.714. The van der Waals surface area contributed by atoms with Crippen molar-refractivity contribution in [3.05, 3.63) is 0 Å². The Labute approximate surface area is 75.8 Å². The minimum absolute atomic E-state index is 0.314. The molecule has 0 aromatic carbocycles. The predicted molar refractivity (Wildman–Crippen MR) is 44.3 cm³/mol. The normalized spacial score (nSPS) is 21.2. The molecule has 0 aromatic heterocycles. The number of amides is 2. The first-order chi connectivity index (χ1) is 6.24. The SMILES string of the molecule is NNC(=O)C(=O)NCC1CCOC1. The summed E-state index contributed by atoms with van der Waals surface area (Å²) in [5, 5.41) is 2.46. The van der Waals surface area contributed by atoms with E-state index in [4.69, 9.17) is 10.6 Å². The van der Waals surface area contributed by atoms with Gasteiger partial charge in [0.2, 0.25) is 0 Å². The van der Waals surface area contributed by atoms with Crippen LogP contribution < -0.4 is 16.6 Å². The number of hydrogen-bond donors (Lipinski definition) is 3. The minimum atomic E-state index is -0.820. The molecule has 0 bridgehead atoms. The third-order valence-electron chi connectivity index (χ3n) is 1.91. The number of ether oxygens (including phenoxy) is 1. The maximum atomic E-state index is 10.9. The summed E-state index contributed by atoms with van der Waals surface area (Å²) >= 11 is 0. The van der Waals surface area contributed by atoms with Crippen LogP contribution in [0.1, 0.15) is 6.42 Å². The summed E-state index contributed by atoms with van der Waals surface area (Å²) in [6.07, 6.45) is 0.921. The van der Waals surface area contributed by atoms with E-state index in [1.807, 2.05) is 0 Å². The fourth-order valence-corrected chi connectivity index (χ4v) is 1.13. The Morgan fingerprint density at radius 2 is 2.23 bits per heavy atom. The lowest BCUT2D eigenvalue weighted by molar-refractivity contribution is -0.139. The van der Waals surface area contributed by atoms with Gasteiger partial charge in [-0.05, 0) is 6.42 Å². The van der Waals surface area contributed by atoms with E-state index in [9.17, 15) is 9.59 Å². The van der Waals surface area contributed by atoms with Gasteiger partial charge in [-0.2, -0.15) is 0 Å².